The van der Waals surface area contributed by atoms with Gasteiger partial charge in [-0.1, -0.05) is 0 Å². The van der Waals surface area contributed by atoms with E-state index in [9.17, 15) is 4.79 Å². The summed E-state index contributed by atoms with van der Waals surface area (Å²) in [7, 11) is 0. The molecule has 0 spiro atoms. The van der Waals surface area contributed by atoms with E-state index in [2.05, 4.69) is 15.5 Å². The predicted octanol–water partition coefficient (Wildman–Crippen LogP) is 1.71. The lowest BCUT2D eigenvalue weighted by atomic mass is 9.93. The molecular weight excluding hydrogens is 278 g/mol. The fourth-order valence-electron chi connectivity index (χ4n) is 3.47. The first-order valence-electron chi connectivity index (χ1n) is 8.23. The molecular formula is C17H25N3O2. The van der Waals surface area contributed by atoms with Crippen molar-refractivity contribution in [2.24, 2.45) is 5.92 Å². The molecule has 2 N–H and O–H groups in total. The van der Waals surface area contributed by atoms with E-state index in [0.717, 1.165) is 37.5 Å². The maximum Gasteiger partial charge on any atom is 0.238 e. The Hall–Kier alpha value is -1.59. The van der Waals surface area contributed by atoms with E-state index in [1.165, 1.54) is 6.42 Å². The van der Waals surface area contributed by atoms with Crippen LogP contribution >= 0.6 is 0 Å². The zero-order valence-corrected chi connectivity index (χ0v) is 13.2. The highest BCUT2D eigenvalue weighted by molar-refractivity contribution is 5.92. The van der Waals surface area contributed by atoms with Crippen molar-refractivity contribution in [3.05, 3.63) is 24.3 Å². The molecule has 2 aliphatic rings. The van der Waals surface area contributed by atoms with Gasteiger partial charge in [0, 0.05) is 24.8 Å². The number of benzene rings is 1. The summed E-state index contributed by atoms with van der Waals surface area (Å²) < 4.78 is 5.40. The third-order valence-corrected chi connectivity index (χ3v) is 4.56. The van der Waals surface area contributed by atoms with E-state index in [1.54, 1.807) is 0 Å². The van der Waals surface area contributed by atoms with Crippen LogP contribution in [0, 0.1) is 5.92 Å². The number of nitrogens with one attached hydrogen (secondary N) is 2. The quantitative estimate of drug-likeness (QED) is 0.869. The molecule has 22 heavy (non-hydrogen) atoms. The SMILES string of the molecule is CCOc1ccc(NC(=O)CN2CCC3NCCC3C2)cc1. The minimum atomic E-state index is 0.0635. The van der Waals surface area contributed by atoms with Gasteiger partial charge in [-0.05, 0) is 56.5 Å². The van der Waals surface area contributed by atoms with Gasteiger partial charge in [0.1, 0.15) is 5.75 Å². The second-order valence-corrected chi connectivity index (χ2v) is 6.14. The van der Waals surface area contributed by atoms with Crippen LogP contribution in [0.5, 0.6) is 5.75 Å². The number of piperidine rings is 1. The van der Waals surface area contributed by atoms with Crippen LogP contribution in [0.25, 0.3) is 0 Å². The molecule has 5 nitrogen and oxygen atoms in total. The lowest BCUT2D eigenvalue weighted by molar-refractivity contribution is -0.117. The van der Waals surface area contributed by atoms with E-state index in [4.69, 9.17) is 4.74 Å². The molecule has 2 unspecified atom stereocenters. The maximum absolute atomic E-state index is 12.2. The highest BCUT2D eigenvalue weighted by atomic mass is 16.5. The summed E-state index contributed by atoms with van der Waals surface area (Å²) >= 11 is 0. The second kappa shape index (κ2) is 7.11. The fraction of sp³-hybridized carbons (Fsp3) is 0.588. The van der Waals surface area contributed by atoms with Gasteiger partial charge in [-0.3, -0.25) is 9.69 Å². The molecule has 0 saturated carbocycles. The van der Waals surface area contributed by atoms with Crippen molar-refractivity contribution in [3.8, 4) is 5.75 Å². The zero-order valence-electron chi connectivity index (χ0n) is 13.2. The Morgan fingerprint density at radius 1 is 1.36 bits per heavy atom. The van der Waals surface area contributed by atoms with Gasteiger partial charge in [-0.15, -0.1) is 0 Å². The minimum absolute atomic E-state index is 0.0635. The van der Waals surface area contributed by atoms with Crippen molar-refractivity contribution in [1.82, 2.24) is 10.2 Å². The summed E-state index contributed by atoms with van der Waals surface area (Å²) in [4.78, 5) is 14.5. The minimum Gasteiger partial charge on any atom is -0.494 e. The molecule has 2 aliphatic heterocycles. The number of fused-ring (bicyclic) bond motifs is 1. The third kappa shape index (κ3) is 3.78. The molecule has 0 aromatic heterocycles. The Bertz CT molecular complexity index is 503. The number of nitrogens with zero attached hydrogens (tertiary/aromatic N) is 1. The molecule has 2 fully saturated rings. The average Bonchev–Trinajstić information content (AvgIpc) is 2.97. The van der Waals surface area contributed by atoms with Crippen LogP contribution in [0.3, 0.4) is 0 Å². The largest absolute Gasteiger partial charge is 0.494 e. The highest BCUT2D eigenvalue weighted by Gasteiger charge is 2.32. The lowest BCUT2D eigenvalue weighted by Crippen LogP contribution is -2.46. The lowest BCUT2D eigenvalue weighted by Gasteiger charge is -2.34. The van der Waals surface area contributed by atoms with Crippen molar-refractivity contribution in [2.45, 2.75) is 25.8 Å². The molecule has 5 heteroatoms. The third-order valence-electron chi connectivity index (χ3n) is 4.56. The summed E-state index contributed by atoms with van der Waals surface area (Å²) in [5.41, 5.74) is 0.825. The van der Waals surface area contributed by atoms with Crippen molar-refractivity contribution < 1.29 is 9.53 Å². The first kappa shape index (κ1) is 15.3. The van der Waals surface area contributed by atoms with E-state index in [0.29, 0.717) is 25.1 Å². The first-order chi connectivity index (χ1) is 10.7. The molecule has 1 amide bonds. The average molecular weight is 303 g/mol. The van der Waals surface area contributed by atoms with Crippen molar-refractivity contribution in [3.63, 3.8) is 0 Å². The standard InChI is InChI=1S/C17H25N3O2/c1-2-22-15-5-3-14(4-6-15)19-17(21)12-20-10-8-16-13(11-20)7-9-18-16/h3-6,13,16,18H,2,7-12H2,1H3,(H,19,21). The number of carbonyl (C=O) groups excluding carboxylic acids is 1. The van der Waals surface area contributed by atoms with Gasteiger partial charge in [0.25, 0.3) is 0 Å². The Labute approximate surface area is 132 Å². The van der Waals surface area contributed by atoms with Crippen LogP contribution in [0.15, 0.2) is 24.3 Å². The van der Waals surface area contributed by atoms with Crippen LogP contribution in [0.2, 0.25) is 0 Å². The number of ether oxygens (including phenoxy) is 1. The molecule has 0 radical (unpaired) electrons. The molecule has 0 bridgehead atoms. The number of anilines is 1. The van der Waals surface area contributed by atoms with E-state index < -0.39 is 0 Å². The smallest absolute Gasteiger partial charge is 0.238 e. The molecule has 2 saturated heterocycles. The normalized spacial score (nSPS) is 24.8. The Kier molecular flexibility index (Phi) is 4.95. The van der Waals surface area contributed by atoms with Crippen LogP contribution < -0.4 is 15.4 Å². The monoisotopic (exact) mass is 303 g/mol. The zero-order chi connectivity index (χ0) is 15.4. The van der Waals surface area contributed by atoms with Gasteiger partial charge in [0.2, 0.25) is 5.91 Å². The summed E-state index contributed by atoms with van der Waals surface area (Å²) in [6.45, 7) is 6.26. The maximum atomic E-state index is 12.2. The summed E-state index contributed by atoms with van der Waals surface area (Å²) in [6, 6.07) is 8.21. The number of hydrogen-bond donors (Lipinski definition) is 2. The molecule has 120 valence electrons. The summed E-state index contributed by atoms with van der Waals surface area (Å²) in [6.07, 6.45) is 2.39. The fourth-order valence-corrected chi connectivity index (χ4v) is 3.47. The molecule has 1 aromatic rings. The van der Waals surface area contributed by atoms with Crippen molar-refractivity contribution in [1.29, 1.82) is 0 Å². The Morgan fingerprint density at radius 2 is 2.18 bits per heavy atom. The molecule has 0 aliphatic carbocycles. The topological polar surface area (TPSA) is 53.6 Å². The van der Waals surface area contributed by atoms with Gasteiger partial charge in [-0.25, -0.2) is 0 Å². The molecule has 1 aromatic carbocycles. The van der Waals surface area contributed by atoms with Gasteiger partial charge in [0.15, 0.2) is 0 Å². The number of carbonyl (C=O) groups is 1. The number of likely N-dealkylation sites (tertiary alicyclic amines) is 1. The second-order valence-electron chi connectivity index (χ2n) is 6.14. The van der Waals surface area contributed by atoms with E-state index >= 15 is 0 Å². The van der Waals surface area contributed by atoms with Gasteiger partial charge in [-0.2, -0.15) is 0 Å². The summed E-state index contributed by atoms with van der Waals surface area (Å²) in [5, 5.41) is 6.52. The van der Waals surface area contributed by atoms with Gasteiger partial charge < -0.3 is 15.4 Å². The Morgan fingerprint density at radius 3 is 2.95 bits per heavy atom. The van der Waals surface area contributed by atoms with Crippen LogP contribution in [0.4, 0.5) is 5.69 Å². The van der Waals surface area contributed by atoms with Crippen LogP contribution in [-0.2, 0) is 4.79 Å². The number of hydrogen-bond acceptors (Lipinski definition) is 4. The van der Waals surface area contributed by atoms with Crippen LogP contribution in [0.1, 0.15) is 19.8 Å². The number of amides is 1. The van der Waals surface area contributed by atoms with Crippen molar-refractivity contribution in [2.75, 3.05) is 38.1 Å². The molecule has 2 atom stereocenters. The predicted molar refractivity (Wildman–Crippen MR) is 87.2 cm³/mol. The molecule has 2 heterocycles. The van der Waals surface area contributed by atoms with E-state index in [-0.39, 0.29) is 5.91 Å². The summed E-state index contributed by atoms with van der Waals surface area (Å²) in [5.74, 6) is 1.61. The van der Waals surface area contributed by atoms with E-state index in [1.807, 2.05) is 31.2 Å². The number of rotatable bonds is 5. The van der Waals surface area contributed by atoms with Gasteiger partial charge in [0.05, 0.1) is 13.2 Å². The highest BCUT2D eigenvalue weighted by Crippen LogP contribution is 2.24. The van der Waals surface area contributed by atoms with Gasteiger partial charge >= 0.3 is 0 Å². The first-order valence-corrected chi connectivity index (χ1v) is 8.23. The molecule has 3 rings (SSSR count). The van der Waals surface area contributed by atoms with Crippen LogP contribution in [-0.4, -0.2) is 49.6 Å². The van der Waals surface area contributed by atoms with Crippen molar-refractivity contribution >= 4 is 11.6 Å². The Balaban J connectivity index is 1.47.